The number of methoxy groups -OCH3 is 1. The van der Waals surface area contributed by atoms with Gasteiger partial charge in [-0.15, -0.1) is 0 Å². The number of halogens is 2. The largest absolute Gasteiger partial charge is 0.382 e. The number of benzene rings is 1. The van der Waals surface area contributed by atoms with Gasteiger partial charge >= 0.3 is 0 Å². The number of carbonyl (C=O) groups excluding carboxylic acids is 1. The topological polar surface area (TPSA) is 84.9 Å². The molecule has 1 heterocycles. The number of ether oxygens (including phenoxy) is 2. The highest BCUT2D eigenvalue weighted by Crippen LogP contribution is 2.26. The first-order valence-corrected chi connectivity index (χ1v) is 10.5. The van der Waals surface area contributed by atoms with Gasteiger partial charge in [0.2, 0.25) is 15.9 Å². The van der Waals surface area contributed by atoms with Crippen LogP contribution in [0.5, 0.6) is 0 Å². The van der Waals surface area contributed by atoms with Crippen LogP contribution in [0, 0.1) is 11.7 Å². The van der Waals surface area contributed by atoms with Gasteiger partial charge in [-0.1, -0.05) is 11.6 Å². The van der Waals surface area contributed by atoms with E-state index in [-0.39, 0.29) is 34.8 Å². The van der Waals surface area contributed by atoms with Gasteiger partial charge in [0, 0.05) is 32.7 Å². The summed E-state index contributed by atoms with van der Waals surface area (Å²) < 4.78 is 50.0. The smallest absolute Gasteiger partial charge is 0.243 e. The minimum Gasteiger partial charge on any atom is -0.382 e. The van der Waals surface area contributed by atoms with E-state index < -0.39 is 15.8 Å². The van der Waals surface area contributed by atoms with Crippen molar-refractivity contribution in [2.75, 3.05) is 46.6 Å². The Kier molecular flexibility index (Phi) is 8.43. The number of nitrogens with zero attached hydrogens (tertiary/aromatic N) is 1. The highest BCUT2D eigenvalue weighted by atomic mass is 35.5. The van der Waals surface area contributed by atoms with Crippen molar-refractivity contribution in [2.24, 2.45) is 5.92 Å². The van der Waals surface area contributed by atoms with E-state index in [4.69, 9.17) is 21.1 Å². The molecule has 0 bridgehead atoms. The lowest BCUT2D eigenvalue weighted by atomic mass is 9.97. The van der Waals surface area contributed by atoms with Gasteiger partial charge in [0.25, 0.3) is 0 Å². The summed E-state index contributed by atoms with van der Waals surface area (Å²) in [5, 5.41) is 2.56. The first kappa shape index (κ1) is 22.0. The fourth-order valence-corrected chi connectivity index (χ4v) is 4.52. The van der Waals surface area contributed by atoms with E-state index in [0.29, 0.717) is 39.2 Å². The summed E-state index contributed by atoms with van der Waals surface area (Å²) in [6.07, 6.45) is 0.842. The van der Waals surface area contributed by atoms with Crippen molar-refractivity contribution in [2.45, 2.75) is 17.7 Å². The van der Waals surface area contributed by atoms with Crippen LogP contribution in [0.3, 0.4) is 0 Å². The van der Waals surface area contributed by atoms with Crippen LogP contribution < -0.4 is 5.32 Å². The van der Waals surface area contributed by atoms with E-state index in [0.717, 1.165) is 12.1 Å². The molecule has 7 nitrogen and oxygen atoms in total. The van der Waals surface area contributed by atoms with Gasteiger partial charge in [-0.2, -0.15) is 4.31 Å². The van der Waals surface area contributed by atoms with Crippen LogP contribution in [0.4, 0.5) is 4.39 Å². The van der Waals surface area contributed by atoms with Crippen molar-refractivity contribution < 1.29 is 27.1 Å². The van der Waals surface area contributed by atoms with Crippen molar-refractivity contribution in [3.8, 4) is 0 Å². The minimum absolute atomic E-state index is 0.0509. The monoisotopic (exact) mass is 422 g/mol. The van der Waals surface area contributed by atoms with Crippen molar-refractivity contribution in [3.05, 3.63) is 29.0 Å². The van der Waals surface area contributed by atoms with E-state index >= 15 is 0 Å². The number of nitrogens with one attached hydrogen (secondary N) is 1. The molecule has 0 spiro atoms. The van der Waals surface area contributed by atoms with Crippen LogP contribution in [-0.4, -0.2) is 65.2 Å². The van der Waals surface area contributed by atoms with Crippen molar-refractivity contribution in [1.29, 1.82) is 0 Å². The van der Waals surface area contributed by atoms with Crippen molar-refractivity contribution in [1.82, 2.24) is 9.62 Å². The summed E-state index contributed by atoms with van der Waals surface area (Å²) in [5.41, 5.74) is 0. The van der Waals surface area contributed by atoms with Crippen LogP contribution in [-0.2, 0) is 24.3 Å². The first-order valence-electron chi connectivity index (χ1n) is 8.66. The van der Waals surface area contributed by atoms with E-state index in [1.54, 1.807) is 7.11 Å². The Labute approximate surface area is 163 Å². The Morgan fingerprint density at radius 2 is 2.00 bits per heavy atom. The molecule has 2 rings (SSSR count). The summed E-state index contributed by atoms with van der Waals surface area (Å²) in [5.74, 6) is -1.02. The maximum atomic E-state index is 13.3. The second-order valence-electron chi connectivity index (χ2n) is 6.15. The predicted octanol–water partition coefficient (Wildman–Crippen LogP) is 1.66. The molecule has 27 heavy (non-hydrogen) atoms. The molecule has 0 aromatic heterocycles. The van der Waals surface area contributed by atoms with Gasteiger partial charge < -0.3 is 14.8 Å². The molecule has 1 fully saturated rings. The minimum atomic E-state index is -3.76. The number of carbonyl (C=O) groups is 1. The molecule has 0 aliphatic carbocycles. The van der Waals surface area contributed by atoms with Crippen molar-refractivity contribution >= 4 is 27.5 Å². The number of amides is 1. The number of rotatable bonds is 9. The van der Waals surface area contributed by atoms with Gasteiger partial charge in [-0.3, -0.25) is 4.79 Å². The molecule has 1 aliphatic heterocycles. The lowest BCUT2D eigenvalue weighted by Crippen LogP contribution is -2.43. The molecule has 1 N–H and O–H groups in total. The number of hydrogen-bond acceptors (Lipinski definition) is 5. The van der Waals surface area contributed by atoms with Crippen LogP contribution in [0.25, 0.3) is 0 Å². The zero-order valence-corrected chi connectivity index (χ0v) is 16.7. The maximum Gasteiger partial charge on any atom is 0.243 e. The Hall–Kier alpha value is -1.26. The lowest BCUT2D eigenvalue weighted by Gasteiger charge is -2.30. The third-order valence-corrected chi connectivity index (χ3v) is 6.52. The normalized spacial score (nSPS) is 16.4. The Balaban J connectivity index is 1.81. The summed E-state index contributed by atoms with van der Waals surface area (Å²) >= 11 is 5.68. The third kappa shape index (κ3) is 6.11. The third-order valence-electron chi connectivity index (χ3n) is 4.33. The standard InChI is InChI=1S/C17H24ClFN2O5S/c1-25-10-11-26-9-6-20-17(22)13-4-7-21(8-5-13)27(23,24)14-2-3-16(19)15(18)12-14/h2-3,12-13H,4-11H2,1H3,(H,20,22). The molecule has 0 saturated carbocycles. The molecule has 10 heteroatoms. The molecule has 1 aromatic rings. The molecule has 0 radical (unpaired) electrons. The average Bonchev–Trinajstić information content (AvgIpc) is 2.66. The molecular weight excluding hydrogens is 399 g/mol. The van der Waals surface area contributed by atoms with Crippen LogP contribution >= 0.6 is 11.6 Å². The number of sulfonamides is 1. The highest BCUT2D eigenvalue weighted by molar-refractivity contribution is 7.89. The van der Waals surface area contributed by atoms with E-state index in [9.17, 15) is 17.6 Å². The summed E-state index contributed by atoms with van der Waals surface area (Å²) in [6, 6.07) is 3.33. The number of hydrogen-bond donors (Lipinski definition) is 1. The van der Waals surface area contributed by atoms with Gasteiger partial charge in [0.1, 0.15) is 5.82 Å². The van der Waals surface area contributed by atoms with Gasteiger partial charge in [0.05, 0.1) is 29.7 Å². The predicted molar refractivity (Wildman–Crippen MR) is 98.6 cm³/mol. The van der Waals surface area contributed by atoms with Crippen LogP contribution in [0.15, 0.2) is 23.1 Å². The average molecular weight is 423 g/mol. The van der Waals surface area contributed by atoms with Gasteiger partial charge in [0.15, 0.2) is 0 Å². The second kappa shape index (κ2) is 10.3. The van der Waals surface area contributed by atoms with Crippen LogP contribution in [0.2, 0.25) is 5.02 Å². The zero-order chi connectivity index (χ0) is 19.9. The molecule has 1 aliphatic rings. The Morgan fingerprint density at radius 3 is 2.63 bits per heavy atom. The summed E-state index contributed by atoms with van der Waals surface area (Å²) in [7, 11) is -2.18. The van der Waals surface area contributed by atoms with Crippen LogP contribution in [0.1, 0.15) is 12.8 Å². The SMILES string of the molecule is COCCOCCNC(=O)C1CCN(S(=O)(=O)c2ccc(F)c(Cl)c2)CC1. The first-order chi connectivity index (χ1) is 12.9. The number of piperidine rings is 1. The fraction of sp³-hybridized carbons (Fsp3) is 0.588. The molecule has 0 atom stereocenters. The summed E-state index contributed by atoms with van der Waals surface area (Å²) in [4.78, 5) is 12.1. The Morgan fingerprint density at radius 1 is 1.30 bits per heavy atom. The molecule has 152 valence electrons. The molecule has 1 saturated heterocycles. The van der Waals surface area contributed by atoms with E-state index in [1.165, 1.54) is 10.4 Å². The molecule has 0 unspecified atom stereocenters. The highest BCUT2D eigenvalue weighted by Gasteiger charge is 2.32. The quantitative estimate of drug-likeness (QED) is 0.612. The van der Waals surface area contributed by atoms with Crippen molar-refractivity contribution in [3.63, 3.8) is 0 Å². The Bertz CT molecular complexity index is 739. The van der Waals surface area contributed by atoms with E-state index in [2.05, 4.69) is 5.32 Å². The second-order valence-corrected chi connectivity index (χ2v) is 8.50. The molecule has 1 aromatic carbocycles. The fourth-order valence-electron chi connectivity index (χ4n) is 2.78. The molecular formula is C17H24ClFN2O5S. The zero-order valence-electron chi connectivity index (χ0n) is 15.1. The van der Waals surface area contributed by atoms with E-state index in [1.807, 2.05) is 0 Å². The van der Waals surface area contributed by atoms with Gasteiger partial charge in [-0.25, -0.2) is 12.8 Å². The molecule has 1 amide bonds. The lowest BCUT2D eigenvalue weighted by molar-refractivity contribution is -0.126. The summed E-state index contributed by atoms with van der Waals surface area (Å²) in [6.45, 7) is 2.21. The van der Waals surface area contributed by atoms with Gasteiger partial charge in [-0.05, 0) is 31.0 Å². The maximum absolute atomic E-state index is 13.3.